The highest BCUT2D eigenvalue weighted by Gasteiger charge is 2.56. The zero-order chi connectivity index (χ0) is 34.2. The van der Waals surface area contributed by atoms with Crippen molar-refractivity contribution in [2.45, 2.75) is 70.7 Å². The first-order valence-electron chi connectivity index (χ1n) is 13.9. The number of methoxy groups -OCH3 is 1. The summed E-state index contributed by atoms with van der Waals surface area (Å²) in [7, 11) is -3.35. The number of aliphatic hydroxyl groups is 1. The monoisotopic (exact) mass is 674 g/mol. The summed E-state index contributed by atoms with van der Waals surface area (Å²) in [4.78, 5) is 60.9. The largest absolute Gasteiger partial charge is 0.462 e. The Morgan fingerprint density at radius 3 is 2.46 bits per heavy atom. The number of para-hydroxylation sites is 1. The Morgan fingerprint density at radius 1 is 1.15 bits per heavy atom. The third-order valence-electron chi connectivity index (χ3n) is 6.42. The summed E-state index contributed by atoms with van der Waals surface area (Å²) in [5.74, 6) is -1.68. The number of halogens is 1. The van der Waals surface area contributed by atoms with Gasteiger partial charge in [0.05, 0.1) is 19.8 Å². The van der Waals surface area contributed by atoms with E-state index < -0.39 is 93.2 Å². The van der Waals surface area contributed by atoms with E-state index in [4.69, 9.17) is 23.3 Å². The summed E-state index contributed by atoms with van der Waals surface area (Å²) in [6, 6.07) is 7.50. The Labute approximate surface area is 262 Å². The van der Waals surface area contributed by atoms with Crippen molar-refractivity contribution in [1.82, 2.24) is 19.5 Å². The molecule has 3 N–H and O–H groups in total. The molecule has 6 atom stereocenters. The summed E-state index contributed by atoms with van der Waals surface area (Å²) in [5.41, 5.74) is -4.75. The molecule has 2 heterocycles. The summed E-state index contributed by atoms with van der Waals surface area (Å²) in [6.45, 7) is 3.27. The minimum atomic E-state index is -4.42. The third-order valence-corrected chi connectivity index (χ3v) is 8.06. The zero-order valence-electron chi connectivity index (χ0n) is 25.6. The van der Waals surface area contributed by atoms with Gasteiger partial charge in [0.15, 0.2) is 18.6 Å². The van der Waals surface area contributed by atoms with Crippen molar-refractivity contribution in [3.8, 4) is 5.75 Å². The molecule has 0 radical (unpaired) electrons. The van der Waals surface area contributed by atoms with Gasteiger partial charge in [-0.15, -0.1) is 0 Å². The summed E-state index contributed by atoms with van der Waals surface area (Å²) < 4.78 is 61.8. The van der Waals surface area contributed by atoms with Crippen LogP contribution < -0.4 is 26.2 Å². The lowest BCUT2D eigenvalue weighted by Crippen LogP contribution is -2.47. The number of alkyl halides is 1. The molecule has 254 valence electrons. The number of amides is 1. The summed E-state index contributed by atoms with van der Waals surface area (Å²) >= 11 is 0. The number of hydrogen-bond acceptors (Lipinski definition) is 13. The van der Waals surface area contributed by atoms with E-state index in [0.29, 0.717) is 9.13 Å². The minimum absolute atomic E-state index is 0.0967. The van der Waals surface area contributed by atoms with Crippen LogP contribution in [0.5, 0.6) is 5.75 Å². The topological polar surface area (TPSA) is 212 Å². The van der Waals surface area contributed by atoms with E-state index in [1.165, 1.54) is 19.1 Å². The number of alkyl carbamates (subject to hydrolysis) is 1. The van der Waals surface area contributed by atoms with Gasteiger partial charge in [-0.05, 0) is 39.8 Å². The number of carbonyl (C=O) groups excluding carboxylic acids is 3. The number of benzene rings is 1. The number of carbonyl (C=O) groups is 3. The molecule has 1 amide bonds. The van der Waals surface area contributed by atoms with Crippen molar-refractivity contribution in [2.75, 3.05) is 20.3 Å². The molecule has 1 aromatic heterocycles. The van der Waals surface area contributed by atoms with Gasteiger partial charge in [-0.2, -0.15) is 5.09 Å². The van der Waals surface area contributed by atoms with Crippen LogP contribution >= 0.6 is 7.75 Å². The fraction of sp³-hybridized carbons (Fsp3) is 0.519. The van der Waals surface area contributed by atoms with E-state index in [9.17, 15) is 33.6 Å². The maximum atomic E-state index is 16.0. The first kappa shape index (κ1) is 36.4. The third kappa shape index (κ3) is 9.23. The standard InChI is InChI=1S/C27H36FN4O13P/c1-16(2)43-23(36)17(3)30-46(39,45-18-9-7-6-8-10-18)42-14-19-22(35)27(4,28)24(44-19)31-12-11-20(33)32(26(31)38)15-41-21(34)13-29-25(37)40-5/h6-12,16-17,19,22,24,35H,13-15H2,1-5H3,(H,29,37)(H,30,39)/t17-,19+,22+,24+,27+,46+/m0/s1. The second kappa shape index (κ2) is 15.5. The normalized spacial score (nSPS) is 22.8. The van der Waals surface area contributed by atoms with Crippen molar-refractivity contribution in [3.05, 3.63) is 63.4 Å². The highest BCUT2D eigenvalue weighted by atomic mass is 31.2. The van der Waals surface area contributed by atoms with Gasteiger partial charge in [0.25, 0.3) is 5.56 Å². The second-order valence-electron chi connectivity index (χ2n) is 10.4. The maximum absolute atomic E-state index is 16.0. The summed E-state index contributed by atoms with van der Waals surface area (Å²) in [6.07, 6.45) is -5.80. The van der Waals surface area contributed by atoms with Gasteiger partial charge in [-0.3, -0.25) is 23.5 Å². The van der Waals surface area contributed by atoms with Gasteiger partial charge in [0, 0.05) is 12.3 Å². The van der Waals surface area contributed by atoms with Crippen molar-refractivity contribution in [1.29, 1.82) is 0 Å². The number of esters is 2. The van der Waals surface area contributed by atoms with Crippen LogP contribution in [0.2, 0.25) is 0 Å². The molecule has 1 fully saturated rings. The number of rotatable bonds is 14. The summed E-state index contributed by atoms with van der Waals surface area (Å²) in [5, 5.41) is 15.3. The molecule has 19 heteroatoms. The van der Waals surface area contributed by atoms with Crippen molar-refractivity contribution < 1.29 is 56.4 Å². The lowest BCUT2D eigenvalue weighted by atomic mass is 9.98. The Balaban J connectivity index is 1.79. The first-order chi connectivity index (χ1) is 21.6. The van der Waals surface area contributed by atoms with Crippen LogP contribution in [0.25, 0.3) is 0 Å². The molecule has 46 heavy (non-hydrogen) atoms. The zero-order valence-corrected chi connectivity index (χ0v) is 26.5. The average molecular weight is 675 g/mol. The molecule has 17 nitrogen and oxygen atoms in total. The minimum Gasteiger partial charge on any atom is -0.462 e. The fourth-order valence-corrected chi connectivity index (χ4v) is 5.59. The first-order valence-corrected chi connectivity index (χ1v) is 15.4. The Bertz CT molecular complexity index is 1550. The van der Waals surface area contributed by atoms with Gasteiger partial charge in [0.2, 0.25) is 0 Å². The Hall–Kier alpha value is -4.09. The SMILES string of the molecule is COC(=O)NCC(=O)OCn1c(=O)ccn([C@@H]2O[C@H](CO[P@](=O)(N[C@@H](C)C(=O)OC(C)C)Oc3ccccc3)[C@@H](O)[C@@]2(C)F)c1=O. The van der Waals surface area contributed by atoms with Crippen LogP contribution in [0.3, 0.4) is 0 Å². The predicted molar refractivity (Wildman–Crippen MR) is 155 cm³/mol. The smallest absolute Gasteiger partial charge is 0.459 e. The van der Waals surface area contributed by atoms with Crippen LogP contribution in [-0.2, 0) is 44.4 Å². The molecule has 1 aliphatic rings. The lowest BCUT2D eigenvalue weighted by Gasteiger charge is -2.25. The highest BCUT2D eigenvalue weighted by molar-refractivity contribution is 7.52. The van der Waals surface area contributed by atoms with Crippen LogP contribution in [0.4, 0.5) is 9.18 Å². The van der Waals surface area contributed by atoms with E-state index in [2.05, 4.69) is 15.1 Å². The molecule has 1 saturated heterocycles. The molecule has 1 aromatic carbocycles. The number of hydrogen-bond donors (Lipinski definition) is 3. The lowest BCUT2D eigenvalue weighted by molar-refractivity contribution is -0.149. The van der Waals surface area contributed by atoms with E-state index in [1.54, 1.807) is 32.0 Å². The number of ether oxygens (including phenoxy) is 4. The predicted octanol–water partition coefficient (Wildman–Crippen LogP) is 0.987. The van der Waals surface area contributed by atoms with Gasteiger partial charge in [0.1, 0.15) is 30.5 Å². The molecule has 0 bridgehead atoms. The number of nitrogens with zero attached hydrogens (tertiary/aromatic N) is 2. The van der Waals surface area contributed by atoms with Crippen molar-refractivity contribution in [3.63, 3.8) is 0 Å². The van der Waals surface area contributed by atoms with E-state index >= 15 is 4.39 Å². The molecule has 0 unspecified atom stereocenters. The van der Waals surface area contributed by atoms with Crippen LogP contribution in [0, 0.1) is 0 Å². The molecule has 0 saturated carbocycles. The Morgan fingerprint density at radius 2 is 1.83 bits per heavy atom. The molecule has 0 aliphatic carbocycles. The molecular weight excluding hydrogens is 638 g/mol. The van der Waals surface area contributed by atoms with E-state index in [1.807, 2.05) is 0 Å². The van der Waals surface area contributed by atoms with Crippen molar-refractivity contribution >= 4 is 25.8 Å². The Kier molecular flexibility index (Phi) is 12.2. The molecule has 0 spiro atoms. The number of nitrogens with one attached hydrogen (secondary N) is 2. The maximum Gasteiger partial charge on any atom is 0.459 e. The van der Waals surface area contributed by atoms with Crippen LogP contribution in [0.15, 0.2) is 52.2 Å². The van der Waals surface area contributed by atoms with Crippen LogP contribution in [0.1, 0.15) is 33.9 Å². The molecular formula is C27H36FN4O13P. The molecule has 2 aromatic rings. The van der Waals surface area contributed by atoms with Crippen molar-refractivity contribution in [2.24, 2.45) is 0 Å². The van der Waals surface area contributed by atoms with Gasteiger partial charge >= 0.3 is 31.5 Å². The van der Waals surface area contributed by atoms with E-state index in [-0.39, 0.29) is 5.75 Å². The van der Waals surface area contributed by atoms with Crippen LogP contribution in [-0.4, -0.2) is 82.6 Å². The van der Waals surface area contributed by atoms with Gasteiger partial charge in [-0.1, -0.05) is 18.2 Å². The second-order valence-corrected chi connectivity index (χ2v) is 12.1. The quantitative estimate of drug-likeness (QED) is 0.145. The average Bonchev–Trinajstić information content (AvgIpc) is 3.22. The van der Waals surface area contributed by atoms with Gasteiger partial charge < -0.3 is 33.9 Å². The molecule has 1 aliphatic heterocycles. The highest BCUT2D eigenvalue weighted by Crippen LogP contribution is 2.47. The number of aliphatic hydroxyl groups excluding tert-OH is 1. The van der Waals surface area contributed by atoms with E-state index in [0.717, 1.165) is 26.3 Å². The molecule has 3 rings (SSSR count). The van der Waals surface area contributed by atoms with Gasteiger partial charge in [-0.25, -0.2) is 23.1 Å². The number of aromatic nitrogens is 2. The fourth-order valence-electron chi connectivity index (χ4n) is 4.09.